The van der Waals surface area contributed by atoms with Crippen molar-refractivity contribution < 1.29 is 9.59 Å². The monoisotopic (exact) mass is 471 g/mol. The standard InChI is InChI=1S/C22H22ClN5O3S/c1-4-18(29)25-17-7-5-12(2)9-15(17)20-21(31)26-22(28-27-20)32-11-19(30)24-16-8-6-14(23)10-13(16)3/h5-10H,4,11H2,1-3H3,(H,24,30)(H,25,29)(H,26,28,31). The molecule has 2 amide bonds. The number of aromatic amines is 1. The molecule has 3 rings (SSSR count). The van der Waals surface area contributed by atoms with Gasteiger partial charge >= 0.3 is 0 Å². The van der Waals surface area contributed by atoms with Gasteiger partial charge in [-0.05, 0) is 49.7 Å². The number of hydrogen-bond acceptors (Lipinski definition) is 6. The van der Waals surface area contributed by atoms with Gasteiger partial charge in [0.2, 0.25) is 11.8 Å². The highest BCUT2D eigenvalue weighted by Crippen LogP contribution is 2.26. The van der Waals surface area contributed by atoms with E-state index < -0.39 is 5.56 Å². The van der Waals surface area contributed by atoms with Gasteiger partial charge < -0.3 is 10.6 Å². The summed E-state index contributed by atoms with van der Waals surface area (Å²) in [5, 5.41) is 14.5. The molecule has 3 aromatic rings. The molecule has 1 heterocycles. The molecule has 0 aliphatic rings. The van der Waals surface area contributed by atoms with Crippen molar-refractivity contribution in [3.8, 4) is 11.3 Å². The molecule has 0 aliphatic carbocycles. The minimum Gasteiger partial charge on any atom is -0.325 e. The van der Waals surface area contributed by atoms with Crippen LogP contribution in [0.25, 0.3) is 11.3 Å². The number of aryl methyl sites for hydroxylation is 2. The Bertz CT molecular complexity index is 1230. The summed E-state index contributed by atoms with van der Waals surface area (Å²) in [4.78, 5) is 39.4. The van der Waals surface area contributed by atoms with Crippen molar-refractivity contribution in [2.75, 3.05) is 16.4 Å². The van der Waals surface area contributed by atoms with E-state index in [-0.39, 0.29) is 28.4 Å². The van der Waals surface area contributed by atoms with Crippen LogP contribution in [0.2, 0.25) is 5.02 Å². The van der Waals surface area contributed by atoms with Crippen LogP contribution in [0.4, 0.5) is 11.4 Å². The minimum absolute atomic E-state index is 0.0360. The van der Waals surface area contributed by atoms with Gasteiger partial charge in [0.25, 0.3) is 5.56 Å². The number of rotatable bonds is 7. The summed E-state index contributed by atoms with van der Waals surface area (Å²) in [6, 6.07) is 10.5. The Morgan fingerprint density at radius 1 is 1.03 bits per heavy atom. The van der Waals surface area contributed by atoms with Crippen LogP contribution in [0.3, 0.4) is 0 Å². The first-order chi connectivity index (χ1) is 15.3. The topological polar surface area (TPSA) is 117 Å². The molecule has 0 atom stereocenters. The summed E-state index contributed by atoms with van der Waals surface area (Å²) in [6.07, 6.45) is 0.308. The van der Waals surface area contributed by atoms with Crippen LogP contribution in [0.1, 0.15) is 24.5 Å². The van der Waals surface area contributed by atoms with Crippen LogP contribution in [-0.4, -0.2) is 32.7 Å². The summed E-state index contributed by atoms with van der Waals surface area (Å²) in [7, 11) is 0. The number of nitrogens with one attached hydrogen (secondary N) is 3. The SMILES string of the molecule is CCC(=O)Nc1ccc(C)cc1-c1nnc(SCC(=O)Nc2ccc(Cl)cc2C)[nH]c1=O. The van der Waals surface area contributed by atoms with E-state index >= 15 is 0 Å². The molecule has 2 aromatic carbocycles. The Hall–Kier alpha value is -3.17. The number of aromatic nitrogens is 3. The van der Waals surface area contributed by atoms with Crippen LogP contribution in [-0.2, 0) is 9.59 Å². The minimum atomic E-state index is -0.464. The average molecular weight is 472 g/mol. The van der Waals surface area contributed by atoms with Crippen molar-refractivity contribution in [2.45, 2.75) is 32.3 Å². The lowest BCUT2D eigenvalue weighted by Gasteiger charge is -2.11. The first kappa shape index (κ1) is 23.5. The van der Waals surface area contributed by atoms with E-state index in [0.717, 1.165) is 22.9 Å². The van der Waals surface area contributed by atoms with Crippen LogP contribution < -0.4 is 16.2 Å². The van der Waals surface area contributed by atoms with Crippen molar-refractivity contribution in [3.05, 3.63) is 62.9 Å². The first-order valence-corrected chi connectivity index (χ1v) is 11.2. The number of thioether (sulfide) groups is 1. The fourth-order valence-corrected chi connectivity index (χ4v) is 3.68. The summed E-state index contributed by atoms with van der Waals surface area (Å²) < 4.78 is 0. The molecule has 8 nitrogen and oxygen atoms in total. The molecule has 10 heteroatoms. The predicted molar refractivity (Wildman–Crippen MR) is 127 cm³/mol. The second kappa shape index (κ2) is 10.4. The Morgan fingerprint density at radius 2 is 1.75 bits per heavy atom. The van der Waals surface area contributed by atoms with Crippen LogP contribution in [0.15, 0.2) is 46.3 Å². The fourth-order valence-electron chi connectivity index (χ4n) is 2.85. The predicted octanol–water partition coefficient (Wildman–Crippen LogP) is 4.18. The molecule has 0 fully saturated rings. The van der Waals surface area contributed by atoms with Gasteiger partial charge in [0.15, 0.2) is 10.9 Å². The zero-order valence-electron chi connectivity index (χ0n) is 17.8. The lowest BCUT2D eigenvalue weighted by atomic mass is 10.1. The largest absolute Gasteiger partial charge is 0.325 e. The van der Waals surface area contributed by atoms with E-state index in [1.807, 2.05) is 19.9 Å². The lowest BCUT2D eigenvalue weighted by Crippen LogP contribution is -2.18. The number of carbonyl (C=O) groups is 2. The van der Waals surface area contributed by atoms with E-state index in [2.05, 4.69) is 25.8 Å². The molecule has 0 spiro atoms. The molecule has 0 radical (unpaired) electrons. The van der Waals surface area contributed by atoms with Gasteiger partial charge in [-0.3, -0.25) is 19.4 Å². The Kier molecular flexibility index (Phi) is 7.66. The molecule has 0 saturated carbocycles. The van der Waals surface area contributed by atoms with E-state index in [4.69, 9.17) is 11.6 Å². The molecule has 32 heavy (non-hydrogen) atoms. The molecule has 3 N–H and O–H groups in total. The van der Waals surface area contributed by atoms with Gasteiger partial charge in [0, 0.05) is 22.7 Å². The van der Waals surface area contributed by atoms with Crippen molar-refractivity contribution in [2.24, 2.45) is 0 Å². The van der Waals surface area contributed by atoms with E-state index in [1.165, 1.54) is 0 Å². The van der Waals surface area contributed by atoms with E-state index in [1.54, 1.807) is 37.3 Å². The van der Waals surface area contributed by atoms with Gasteiger partial charge in [-0.2, -0.15) is 0 Å². The number of anilines is 2. The quantitative estimate of drug-likeness (QED) is 0.445. The normalized spacial score (nSPS) is 10.6. The third-order valence-corrected chi connectivity index (χ3v) is 5.60. The van der Waals surface area contributed by atoms with Crippen LogP contribution in [0.5, 0.6) is 0 Å². The highest BCUT2D eigenvalue weighted by Gasteiger charge is 2.15. The number of halogens is 1. The summed E-state index contributed by atoms with van der Waals surface area (Å²) >= 11 is 6.99. The second-order valence-electron chi connectivity index (χ2n) is 7.05. The number of carbonyl (C=O) groups excluding carboxylic acids is 2. The Labute approximate surface area is 194 Å². The van der Waals surface area contributed by atoms with Gasteiger partial charge in [0.05, 0.1) is 11.4 Å². The zero-order chi connectivity index (χ0) is 23.3. The van der Waals surface area contributed by atoms with Crippen molar-refractivity contribution in [1.82, 2.24) is 15.2 Å². The summed E-state index contributed by atoms with van der Waals surface area (Å²) in [5.74, 6) is -0.391. The maximum absolute atomic E-state index is 12.7. The fraction of sp³-hybridized carbons (Fsp3) is 0.227. The second-order valence-corrected chi connectivity index (χ2v) is 8.46. The van der Waals surface area contributed by atoms with Crippen LogP contribution in [0, 0.1) is 13.8 Å². The third-order valence-electron chi connectivity index (χ3n) is 4.50. The molecule has 0 saturated heterocycles. The molecule has 1 aromatic heterocycles. The van der Waals surface area contributed by atoms with Crippen molar-refractivity contribution in [1.29, 1.82) is 0 Å². The zero-order valence-corrected chi connectivity index (χ0v) is 19.4. The Balaban J connectivity index is 1.73. The number of hydrogen-bond donors (Lipinski definition) is 3. The molecule has 0 unspecified atom stereocenters. The molecule has 166 valence electrons. The molecular weight excluding hydrogens is 450 g/mol. The summed E-state index contributed by atoms with van der Waals surface area (Å²) in [5.41, 5.74) is 3.00. The molecule has 0 aliphatic heterocycles. The smallest absolute Gasteiger partial charge is 0.278 e. The lowest BCUT2D eigenvalue weighted by molar-refractivity contribution is -0.116. The average Bonchev–Trinajstić information content (AvgIpc) is 2.75. The van der Waals surface area contributed by atoms with Crippen molar-refractivity contribution in [3.63, 3.8) is 0 Å². The van der Waals surface area contributed by atoms with E-state index in [9.17, 15) is 14.4 Å². The van der Waals surface area contributed by atoms with E-state index in [0.29, 0.717) is 28.4 Å². The van der Waals surface area contributed by atoms with Gasteiger partial charge in [-0.1, -0.05) is 41.9 Å². The van der Waals surface area contributed by atoms with Gasteiger partial charge in [-0.15, -0.1) is 10.2 Å². The third kappa shape index (κ3) is 5.95. The summed E-state index contributed by atoms with van der Waals surface area (Å²) in [6.45, 7) is 5.47. The maximum Gasteiger partial charge on any atom is 0.278 e. The highest BCUT2D eigenvalue weighted by molar-refractivity contribution is 7.99. The number of benzene rings is 2. The maximum atomic E-state index is 12.7. The van der Waals surface area contributed by atoms with Gasteiger partial charge in [-0.25, -0.2) is 0 Å². The highest BCUT2D eigenvalue weighted by atomic mass is 35.5. The molecular formula is C22H22ClN5O3S. The number of H-pyrrole nitrogens is 1. The van der Waals surface area contributed by atoms with Crippen LogP contribution >= 0.6 is 23.4 Å². The van der Waals surface area contributed by atoms with Gasteiger partial charge in [0.1, 0.15) is 0 Å². The number of amides is 2. The first-order valence-electron chi connectivity index (χ1n) is 9.83. The molecule has 0 bridgehead atoms. The number of nitrogens with zero attached hydrogens (tertiary/aromatic N) is 2. The van der Waals surface area contributed by atoms with Crippen molar-refractivity contribution >= 4 is 46.6 Å². The Morgan fingerprint density at radius 3 is 2.44 bits per heavy atom.